The Balaban J connectivity index is 1.02. The highest BCUT2D eigenvalue weighted by molar-refractivity contribution is 6.09. The van der Waals surface area contributed by atoms with Crippen LogP contribution >= 0.6 is 0 Å². The maximum Gasteiger partial charge on any atom is 0.407 e. The first-order chi connectivity index (χ1) is 25.4. The zero-order valence-corrected chi connectivity index (χ0v) is 29.5. The number of fused-ring (bicyclic) bond motifs is 1. The second kappa shape index (κ2) is 14.1. The summed E-state index contributed by atoms with van der Waals surface area (Å²) in [7, 11) is 0. The number of urea groups is 1. The molecule has 5 fully saturated rings. The van der Waals surface area contributed by atoms with Gasteiger partial charge in [0.2, 0.25) is 5.91 Å². The number of rotatable bonds is 12. The molecule has 1 saturated heterocycles. The summed E-state index contributed by atoms with van der Waals surface area (Å²) in [6.07, 6.45) is 5.93. The van der Waals surface area contributed by atoms with Gasteiger partial charge in [0.15, 0.2) is 5.84 Å². The van der Waals surface area contributed by atoms with Crippen LogP contribution in [0.1, 0.15) is 62.1 Å². The van der Waals surface area contributed by atoms with Gasteiger partial charge < -0.3 is 36.3 Å². The van der Waals surface area contributed by atoms with Crippen LogP contribution in [0.15, 0.2) is 71.9 Å². The highest BCUT2D eigenvalue weighted by Crippen LogP contribution is 2.60. The monoisotopic (exact) mass is 724 g/mol. The van der Waals surface area contributed by atoms with Crippen LogP contribution in [0.4, 0.5) is 9.59 Å². The number of carboxylic acids is 1. The number of benzene rings is 3. The SMILES string of the molecule is C[C@]1(c2ccc(/C(N)=N/O)cc2)C(=O)N(CC(=O)NC[C@H](NC(=O)OCC23CC4CC(CC(C4)C2)C3)C(=O)O)C(=O)N1Cc1ccc2ccccc2c1. The first-order valence-corrected chi connectivity index (χ1v) is 18.0. The molecule has 4 aliphatic carbocycles. The predicted molar refractivity (Wildman–Crippen MR) is 192 cm³/mol. The van der Waals surface area contributed by atoms with Crippen LogP contribution in [0.25, 0.3) is 10.8 Å². The second-order valence-electron chi connectivity index (χ2n) is 15.4. The minimum Gasteiger partial charge on any atom is -0.480 e. The van der Waals surface area contributed by atoms with Crippen molar-refractivity contribution in [2.75, 3.05) is 19.7 Å². The molecule has 0 spiro atoms. The van der Waals surface area contributed by atoms with Crippen LogP contribution < -0.4 is 16.4 Å². The highest BCUT2D eigenvalue weighted by atomic mass is 16.5. The standard InChI is InChI=1S/C39H44N6O8/c1-38(30-10-8-28(9-11-30)33(40)43-52)35(49)44(37(51)45(38)20-23-6-7-27-4-2-3-5-29(27)15-23)21-32(46)41-19-31(34(47)48)42-36(50)53-22-39-16-24-12-25(17-39)14-26(13-24)18-39/h2-11,15,24-26,31,52H,12-14,16-22H2,1H3,(H2,40,43)(H,41,46)(H,42,50)(H,47,48)/t24?,25?,26?,31-,38-,39?/m0/s1. The number of carboxylic acid groups (broad SMARTS) is 1. The third kappa shape index (κ3) is 6.97. The van der Waals surface area contributed by atoms with Gasteiger partial charge in [-0.25, -0.2) is 14.4 Å². The van der Waals surface area contributed by atoms with E-state index >= 15 is 0 Å². The minimum absolute atomic E-state index is 0.0301. The van der Waals surface area contributed by atoms with Crippen LogP contribution in [-0.4, -0.2) is 81.6 Å². The maximum absolute atomic E-state index is 14.2. The number of ether oxygens (including phenoxy) is 1. The Bertz CT molecular complexity index is 1950. The number of carbonyl (C=O) groups excluding carboxylic acids is 4. The van der Waals surface area contributed by atoms with Crippen molar-refractivity contribution in [2.45, 2.75) is 63.6 Å². The fourth-order valence-electron chi connectivity index (χ4n) is 9.47. The molecule has 3 aromatic carbocycles. The molecule has 14 nitrogen and oxygen atoms in total. The first kappa shape index (κ1) is 35.7. The summed E-state index contributed by atoms with van der Waals surface area (Å²) in [5, 5.41) is 28.7. The van der Waals surface area contributed by atoms with E-state index < -0.39 is 54.6 Å². The maximum atomic E-state index is 14.2. The van der Waals surface area contributed by atoms with Crippen molar-refractivity contribution < 1.29 is 39.0 Å². The number of imide groups is 1. The van der Waals surface area contributed by atoms with Crippen molar-refractivity contribution in [2.24, 2.45) is 34.1 Å². The molecule has 8 rings (SSSR count). The molecule has 4 bridgehead atoms. The van der Waals surface area contributed by atoms with Crippen molar-refractivity contribution in [1.82, 2.24) is 20.4 Å². The molecule has 1 aliphatic heterocycles. The lowest BCUT2D eigenvalue weighted by molar-refractivity contribution is -0.140. The summed E-state index contributed by atoms with van der Waals surface area (Å²) in [5.74, 6) is -0.976. The molecular weight excluding hydrogens is 680 g/mol. The number of nitrogens with one attached hydrogen (secondary N) is 2. The molecule has 53 heavy (non-hydrogen) atoms. The summed E-state index contributed by atoms with van der Waals surface area (Å²) in [6.45, 7) is 0.670. The number of amides is 5. The van der Waals surface area contributed by atoms with Crippen molar-refractivity contribution in [3.63, 3.8) is 0 Å². The van der Waals surface area contributed by atoms with E-state index in [2.05, 4.69) is 15.8 Å². The molecule has 5 amide bonds. The van der Waals surface area contributed by atoms with Gasteiger partial charge in [-0.05, 0) is 91.2 Å². The van der Waals surface area contributed by atoms with Gasteiger partial charge in [0, 0.05) is 24.1 Å². The van der Waals surface area contributed by atoms with E-state index in [0.29, 0.717) is 28.9 Å². The molecule has 14 heteroatoms. The van der Waals surface area contributed by atoms with Crippen LogP contribution in [0.2, 0.25) is 0 Å². The number of hydrogen-bond acceptors (Lipinski definition) is 8. The smallest absolute Gasteiger partial charge is 0.407 e. The van der Waals surface area contributed by atoms with Gasteiger partial charge in [0.1, 0.15) is 18.1 Å². The second-order valence-corrected chi connectivity index (χ2v) is 15.4. The Morgan fingerprint density at radius 2 is 1.60 bits per heavy atom. The van der Waals surface area contributed by atoms with Gasteiger partial charge >= 0.3 is 18.1 Å². The molecule has 4 saturated carbocycles. The van der Waals surface area contributed by atoms with E-state index in [-0.39, 0.29) is 24.4 Å². The number of nitrogens with two attached hydrogens (primary N) is 1. The Kier molecular flexibility index (Phi) is 9.47. The largest absolute Gasteiger partial charge is 0.480 e. The quantitative estimate of drug-likeness (QED) is 0.0598. The van der Waals surface area contributed by atoms with Crippen LogP contribution in [0, 0.1) is 23.2 Å². The fraction of sp³-hybridized carbons (Fsp3) is 0.436. The molecule has 278 valence electrons. The molecule has 0 aromatic heterocycles. The average Bonchev–Trinajstić information content (AvgIpc) is 3.31. The van der Waals surface area contributed by atoms with Gasteiger partial charge in [-0.3, -0.25) is 14.5 Å². The molecular formula is C39H44N6O8. The Morgan fingerprint density at radius 3 is 2.23 bits per heavy atom. The van der Waals surface area contributed by atoms with E-state index in [1.165, 1.54) is 24.2 Å². The average molecular weight is 725 g/mol. The molecule has 0 radical (unpaired) electrons. The van der Waals surface area contributed by atoms with Crippen LogP contribution in [0.5, 0.6) is 0 Å². The van der Waals surface area contributed by atoms with Crippen molar-refractivity contribution in [1.29, 1.82) is 0 Å². The Labute approximate surface area is 306 Å². The zero-order valence-electron chi connectivity index (χ0n) is 29.5. The number of hydrogen-bond donors (Lipinski definition) is 5. The number of oxime groups is 1. The Morgan fingerprint density at radius 1 is 0.962 bits per heavy atom. The lowest BCUT2D eigenvalue weighted by Crippen LogP contribution is -2.52. The van der Waals surface area contributed by atoms with E-state index in [0.717, 1.165) is 40.5 Å². The summed E-state index contributed by atoms with van der Waals surface area (Å²) < 4.78 is 5.57. The van der Waals surface area contributed by atoms with Gasteiger partial charge in [-0.2, -0.15) is 0 Å². The number of carbonyl (C=O) groups is 5. The number of amidine groups is 1. The lowest BCUT2D eigenvalue weighted by atomic mass is 9.50. The number of alkyl carbamates (subject to hydrolysis) is 1. The van der Waals surface area contributed by atoms with E-state index in [1.54, 1.807) is 31.2 Å². The van der Waals surface area contributed by atoms with Crippen LogP contribution in [-0.2, 0) is 31.2 Å². The molecule has 5 aliphatic rings. The fourth-order valence-corrected chi connectivity index (χ4v) is 9.47. The summed E-state index contributed by atoms with van der Waals surface area (Å²) in [4.78, 5) is 68.5. The molecule has 2 atom stereocenters. The molecule has 1 heterocycles. The summed E-state index contributed by atoms with van der Waals surface area (Å²) in [6, 6.07) is 17.5. The molecule has 3 aromatic rings. The minimum atomic E-state index is -1.56. The lowest BCUT2D eigenvalue weighted by Gasteiger charge is -2.56. The van der Waals surface area contributed by atoms with Crippen molar-refractivity contribution >= 4 is 46.5 Å². The summed E-state index contributed by atoms with van der Waals surface area (Å²) in [5.41, 5.74) is 5.71. The van der Waals surface area contributed by atoms with Crippen molar-refractivity contribution in [3.05, 3.63) is 83.4 Å². The normalized spacial score (nSPS) is 26.9. The van der Waals surface area contributed by atoms with Crippen LogP contribution in [0.3, 0.4) is 0 Å². The summed E-state index contributed by atoms with van der Waals surface area (Å²) >= 11 is 0. The topological polar surface area (TPSA) is 204 Å². The first-order valence-electron chi connectivity index (χ1n) is 18.0. The highest BCUT2D eigenvalue weighted by Gasteiger charge is 2.56. The number of aliphatic carboxylic acids is 1. The van der Waals surface area contributed by atoms with E-state index in [4.69, 9.17) is 15.7 Å². The van der Waals surface area contributed by atoms with E-state index in [9.17, 15) is 29.1 Å². The van der Waals surface area contributed by atoms with Gasteiger partial charge in [-0.1, -0.05) is 65.8 Å². The molecule has 0 unspecified atom stereocenters. The number of nitrogens with zero attached hydrogens (tertiary/aromatic N) is 3. The molecule has 6 N–H and O–H groups in total. The van der Waals surface area contributed by atoms with Gasteiger partial charge in [0.05, 0.1) is 6.61 Å². The Hall–Kier alpha value is -5.66. The third-order valence-electron chi connectivity index (χ3n) is 11.7. The van der Waals surface area contributed by atoms with Gasteiger partial charge in [-0.15, -0.1) is 0 Å². The zero-order chi connectivity index (χ0) is 37.5. The van der Waals surface area contributed by atoms with Crippen molar-refractivity contribution in [3.8, 4) is 0 Å². The third-order valence-corrected chi connectivity index (χ3v) is 11.7. The van der Waals surface area contributed by atoms with Gasteiger partial charge in [0.25, 0.3) is 5.91 Å². The predicted octanol–water partition coefficient (Wildman–Crippen LogP) is 4.13. The van der Waals surface area contributed by atoms with E-state index in [1.807, 2.05) is 42.5 Å².